The number of nitrogens with two attached hydrogens (primary N) is 1. The Labute approximate surface area is 106 Å². The van der Waals surface area contributed by atoms with E-state index < -0.39 is 5.54 Å². The summed E-state index contributed by atoms with van der Waals surface area (Å²) in [5, 5.41) is 4.90. The maximum Gasteiger partial charge on any atom is 0.158 e. The van der Waals surface area contributed by atoms with Gasteiger partial charge in [-0.3, -0.25) is 9.48 Å². The van der Waals surface area contributed by atoms with E-state index in [1.54, 1.807) is 4.68 Å². The molecule has 2 rings (SSSR count). The van der Waals surface area contributed by atoms with Gasteiger partial charge in [0.05, 0.1) is 28.4 Å². The van der Waals surface area contributed by atoms with E-state index in [0.717, 1.165) is 30.7 Å². The van der Waals surface area contributed by atoms with Gasteiger partial charge in [-0.1, -0.05) is 11.6 Å². The molecule has 1 saturated carbocycles. The van der Waals surface area contributed by atoms with E-state index in [0.29, 0.717) is 18.0 Å². The van der Waals surface area contributed by atoms with Crippen molar-refractivity contribution in [2.24, 2.45) is 5.73 Å². The quantitative estimate of drug-likeness (QED) is 0.893. The Morgan fingerprint density at radius 1 is 1.59 bits per heavy atom. The van der Waals surface area contributed by atoms with Crippen LogP contribution in [0.2, 0.25) is 5.02 Å². The molecule has 0 atom stereocenters. The van der Waals surface area contributed by atoms with Crippen molar-refractivity contribution in [1.29, 1.82) is 0 Å². The van der Waals surface area contributed by atoms with E-state index in [4.69, 9.17) is 17.3 Å². The number of aromatic nitrogens is 2. The van der Waals surface area contributed by atoms with Crippen LogP contribution < -0.4 is 5.73 Å². The van der Waals surface area contributed by atoms with Crippen LogP contribution in [0.15, 0.2) is 0 Å². The van der Waals surface area contributed by atoms with Gasteiger partial charge in [0.2, 0.25) is 0 Å². The number of carbonyl (C=O) groups excluding carboxylic acids is 1. The highest BCUT2D eigenvalue weighted by molar-refractivity contribution is 6.32. The van der Waals surface area contributed by atoms with Crippen LogP contribution in [0.3, 0.4) is 0 Å². The first kappa shape index (κ1) is 12.6. The van der Waals surface area contributed by atoms with Crippen molar-refractivity contribution in [3.05, 3.63) is 16.4 Å². The maximum atomic E-state index is 12.1. The number of nitrogens with zero attached hydrogens (tertiary/aromatic N) is 2. The Bertz CT molecular complexity index is 449. The molecule has 1 aromatic heterocycles. The fraction of sp³-hybridized carbons (Fsp3) is 0.667. The van der Waals surface area contributed by atoms with Crippen molar-refractivity contribution in [3.63, 3.8) is 0 Å². The van der Waals surface area contributed by atoms with Gasteiger partial charge in [0.15, 0.2) is 5.78 Å². The molecule has 1 aliphatic carbocycles. The summed E-state index contributed by atoms with van der Waals surface area (Å²) in [6, 6.07) is 0. The Hall–Kier alpha value is -0.870. The molecule has 94 valence electrons. The van der Waals surface area contributed by atoms with Gasteiger partial charge in [0.1, 0.15) is 0 Å². The Balaban J connectivity index is 2.20. The summed E-state index contributed by atoms with van der Waals surface area (Å²) in [4.78, 5) is 12.1. The summed E-state index contributed by atoms with van der Waals surface area (Å²) in [7, 11) is 0. The van der Waals surface area contributed by atoms with Crippen LogP contribution in [-0.2, 0) is 17.8 Å². The summed E-state index contributed by atoms with van der Waals surface area (Å²) in [6.45, 7) is 4.55. The highest BCUT2D eigenvalue weighted by atomic mass is 35.5. The minimum Gasteiger partial charge on any atom is -0.319 e. The second kappa shape index (κ2) is 4.42. The predicted molar refractivity (Wildman–Crippen MR) is 67.1 cm³/mol. The zero-order chi connectivity index (χ0) is 12.6. The summed E-state index contributed by atoms with van der Waals surface area (Å²) >= 11 is 6.17. The fourth-order valence-corrected chi connectivity index (χ4v) is 2.40. The van der Waals surface area contributed by atoms with E-state index >= 15 is 0 Å². The monoisotopic (exact) mass is 255 g/mol. The normalized spacial score (nSPS) is 17.9. The molecule has 1 aromatic rings. The topological polar surface area (TPSA) is 60.9 Å². The number of rotatable bonds is 4. The second-order valence-electron chi connectivity index (χ2n) is 4.77. The molecule has 0 aromatic carbocycles. The first-order chi connectivity index (χ1) is 7.98. The van der Waals surface area contributed by atoms with E-state index in [2.05, 4.69) is 5.10 Å². The van der Waals surface area contributed by atoms with Crippen LogP contribution in [0.25, 0.3) is 0 Å². The van der Waals surface area contributed by atoms with Crippen LogP contribution in [0, 0.1) is 6.92 Å². The summed E-state index contributed by atoms with van der Waals surface area (Å²) in [5.41, 5.74) is 6.98. The van der Waals surface area contributed by atoms with Crippen molar-refractivity contribution in [1.82, 2.24) is 9.78 Å². The molecule has 1 aliphatic rings. The Kier molecular flexibility index (Phi) is 3.27. The third-order valence-corrected chi connectivity index (χ3v) is 4.07. The van der Waals surface area contributed by atoms with Gasteiger partial charge >= 0.3 is 0 Å². The third kappa shape index (κ3) is 2.11. The minimum atomic E-state index is -0.611. The van der Waals surface area contributed by atoms with Crippen molar-refractivity contribution in [2.75, 3.05) is 0 Å². The molecule has 1 fully saturated rings. The van der Waals surface area contributed by atoms with Crippen molar-refractivity contribution >= 4 is 17.4 Å². The van der Waals surface area contributed by atoms with E-state index in [9.17, 15) is 4.79 Å². The van der Waals surface area contributed by atoms with Gasteiger partial charge in [0, 0.05) is 6.54 Å². The summed E-state index contributed by atoms with van der Waals surface area (Å²) in [6.07, 6.45) is 2.93. The van der Waals surface area contributed by atoms with Gasteiger partial charge in [-0.05, 0) is 33.1 Å². The second-order valence-corrected chi connectivity index (χ2v) is 5.15. The molecule has 0 saturated heterocycles. The zero-order valence-electron chi connectivity index (χ0n) is 10.3. The van der Waals surface area contributed by atoms with Gasteiger partial charge in [-0.2, -0.15) is 5.10 Å². The van der Waals surface area contributed by atoms with Crippen LogP contribution in [-0.4, -0.2) is 21.1 Å². The molecule has 0 unspecified atom stereocenters. The molecule has 5 heteroatoms. The van der Waals surface area contributed by atoms with Crippen molar-refractivity contribution in [3.8, 4) is 0 Å². The molecule has 0 spiro atoms. The number of Topliss-reactive ketones (excluding diaryl/α,β-unsaturated/α-hetero) is 1. The lowest BCUT2D eigenvalue weighted by molar-refractivity contribution is -0.126. The molecule has 2 N–H and O–H groups in total. The minimum absolute atomic E-state index is 0.0836. The van der Waals surface area contributed by atoms with Crippen molar-refractivity contribution < 1.29 is 4.79 Å². The number of hydrogen-bond acceptors (Lipinski definition) is 3. The Morgan fingerprint density at radius 2 is 2.24 bits per heavy atom. The van der Waals surface area contributed by atoms with Crippen LogP contribution >= 0.6 is 11.6 Å². The standard InChI is InChI=1S/C12H18ClN3O/c1-3-16-9(11(13)8(2)15-16)7-10(17)12(14)5-4-6-12/h3-7,14H2,1-2H3. The average Bonchev–Trinajstić information content (AvgIpc) is 2.53. The predicted octanol–water partition coefficient (Wildman–Crippen LogP) is 1.86. The lowest BCUT2D eigenvalue weighted by Gasteiger charge is -2.36. The first-order valence-corrected chi connectivity index (χ1v) is 6.39. The molecule has 4 nitrogen and oxygen atoms in total. The number of aryl methyl sites for hydroxylation is 2. The molecule has 0 bridgehead atoms. The largest absolute Gasteiger partial charge is 0.319 e. The van der Waals surface area contributed by atoms with Crippen LogP contribution in [0.4, 0.5) is 0 Å². The van der Waals surface area contributed by atoms with E-state index in [1.807, 2.05) is 13.8 Å². The molecule has 0 radical (unpaired) electrons. The lowest BCUT2D eigenvalue weighted by atomic mass is 9.73. The SMILES string of the molecule is CCn1nc(C)c(Cl)c1CC(=O)C1(N)CCC1. The van der Waals surface area contributed by atoms with Crippen LogP contribution in [0.5, 0.6) is 0 Å². The van der Waals surface area contributed by atoms with Gasteiger partial charge in [0.25, 0.3) is 0 Å². The van der Waals surface area contributed by atoms with Crippen LogP contribution in [0.1, 0.15) is 37.6 Å². The summed E-state index contributed by atoms with van der Waals surface area (Å²) in [5.74, 6) is 0.0836. The average molecular weight is 256 g/mol. The lowest BCUT2D eigenvalue weighted by Crippen LogP contribution is -2.54. The highest BCUT2D eigenvalue weighted by Gasteiger charge is 2.40. The number of carbonyl (C=O) groups is 1. The zero-order valence-corrected chi connectivity index (χ0v) is 11.0. The molecular weight excluding hydrogens is 238 g/mol. The molecular formula is C12H18ClN3O. The number of hydrogen-bond donors (Lipinski definition) is 1. The van der Waals surface area contributed by atoms with E-state index in [1.165, 1.54) is 0 Å². The molecule has 0 aliphatic heterocycles. The fourth-order valence-electron chi connectivity index (χ4n) is 2.20. The van der Waals surface area contributed by atoms with Gasteiger partial charge in [-0.15, -0.1) is 0 Å². The number of halogens is 1. The third-order valence-electron chi connectivity index (χ3n) is 3.58. The van der Waals surface area contributed by atoms with Gasteiger partial charge in [-0.25, -0.2) is 0 Å². The number of ketones is 1. The Morgan fingerprint density at radius 3 is 2.71 bits per heavy atom. The summed E-state index contributed by atoms with van der Waals surface area (Å²) < 4.78 is 1.79. The smallest absolute Gasteiger partial charge is 0.158 e. The maximum absolute atomic E-state index is 12.1. The first-order valence-electron chi connectivity index (χ1n) is 6.02. The molecule has 1 heterocycles. The molecule has 0 amide bonds. The van der Waals surface area contributed by atoms with Crippen molar-refractivity contribution in [2.45, 2.75) is 51.6 Å². The highest BCUT2D eigenvalue weighted by Crippen LogP contribution is 2.32. The van der Waals surface area contributed by atoms with E-state index in [-0.39, 0.29) is 5.78 Å². The molecule has 17 heavy (non-hydrogen) atoms. The van der Waals surface area contributed by atoms with Gasteiger partial charge < -0.3 is 5.73 Å².